The van der Waals surface area contributed by atoms with Crippen LogP contribution in [0.1, 0.15) is 29.8 Å². The van der Waals surface area contributed by atoms with Crippen LogP contribution in [0, 0.1) is 0 Å². The number of nitrogens with zero attached hydrogens (tertiary/aromatic N) is 1. The van der Waals surface area contributed by atoms with Crippen LogP contribution >= 0.6 is 0 Å². The average Bonchev–Trinajstić information content (AvgIpc) is 2.81. The molecule has 2 aromatic carbocycles. The Kier molecular flexibility index (Phi) is 8.94. The Bertz CT molecular complexity index is 916. The summed E-state index contributed by atoms with van der Waals surface area (Å²) in [4.78, 5) is 26.3. The zero-order valence-electron chi connectivity index (χ0n) is 18.6. The number of likely N-dealkylation sites (N-methyl/N-ethyl adjacent to an activating group) is 1. The molecule has 0 heterocycles. The molecule has 0 atom stereocenters. The number of methoxy groups -OCH3 is 3. The van der Waals surface area contributed by atoms with Gasteiger partial charge in [0.2, 0.25) is 0 Å². The second-order valence-electron chi connectivity index (χ2n) is 6.53. The second kappa shape index (κ2) is 11.6. The van der Waals surface area contributed by atoms with Crippen molar-refractivity contribution < 1.29 is 28.5 Å². The van der Waals surface area contributed by atoms with E-state index in [9.17, 15) is 9.59 Å². The number of ether oxygens (including phenoxy) is 4. The Morgan fingerprint density at radius 3 is 2.00 bits per heavy atom. The van der Waals surface area contributed by atoms with Crippen molar-refractivity contribution in [1.82, 2.24) is 4.90 Å². The zero-order chi connectivity index (χ0) is 22.8. The van der Waals surface area contributed by atoms with E-state index in [1.54, 1.807) is 68.7 Å². The predicted molar refractivity (Wildman–Crippen MR) is 119 cm³/mol. The Hall–Kier alpha value is -3.48. The number of hydrogen-bond acceptors (Lipinski definition) is 6. The van der Waals surface area contributed by atoms with Crippen molar-refractivity contribution in [2.24, 2.45) is 0 Å². The molecule has 0 N–H and O–H groups in total. The van der Waals surface area contributed by atoms with E-state index in [2.05, 4.69) is 0 Å². The first-order valence-corrected chi connectivity index (χ1v) is 10.00. The number of rotatable bonds is 11. The number of ketones is 1. The van der Waals surface area contributed by atoms with Gasteiger partial charge in [-0.3, -0.25) is 9.59 Å². The number of carbonyl (C=O) groups excluding carboxylic acids is 2. The molecule has 0 aromatic heterocycles. The third-order valence-electron chi connectivity index (χ3n) is 4.77. The highest BCUT2D eigenvalue weighted by molar-refractivity contribution is 6.07. The van der Waals surface area contributed by atoms with E-state index in [0.717, 1.165) is 0 Å². The van der Waals surface area contributed by atoms with E-state index >= 15 is 0 Å². The normalized spacial score (nSPS) is 10.6. The molecule has 31 heavy (non-hydrogen) atoms. The van der Waals surface area contributed by atoms with Gasteiger partial charge < -0.3 is 23.8 Å². The van der Waals surface area contributed by atoms with Gasteiger partial charge in [0.25, 0.3) is 5.91 Å². The monoisotopic (exact) mass is 427 g/mol. The molecule has 0 saturated carbocycles. The largest absolute Gasteiger partial charge is 0.496 e. The van der Waals surface area contributed by atoms with Gasteiger partial charge in [-0.25, -0.2) is 0 Å². The SMILES string of the molecule is CCN(CC)C(=O)COc1ccc(C(=O)C=Cc2cc(OC)c(OC)cc2OC)cc1. The van der Waals surface area contributed by atoms with E-state index < -0.39 is 0 Å². The summed E-state index contributed by atoms with van der Waals surface area (Å²) in [5.41, 5.74) is 1.18. The lowest BCUT2D eigenvalue weighted by Gasteiger charge is -2.18. The maximum absolute atomic E-state index is 12.6. The first-order valence-electron chi connectivity index (χ1n) is 10.00. The van der Waals surface area contributed by atoms with Gasteiger partial charge in [0.15, 0.2) is 23.9 Å². The molecule has 0 aliphatic carbocycles. The highest BCUT2D eigenvalue weighted by atomic mass is 16.5. The molecule has 7 nitrogen and oxygen atoms in total. The van der Waals surface area contributed by atoms with Gasteiger partial charge in [-0.15, -0.1) is 0 Å². The first-order chi connectivity index (χ1) is 15.0. The molecule has 0 saturated heterocycles. The topological polar surface area (TPSA) is 74.3 Å². The Morgan fingerprint density at radius 1 is 0.871 bits per heavy atom. The molecule has 1 amide bonds. The van der Waals surface area contributed by atoms with E-state index in [4.69, 9.17) is 18.9 Å². The van der Waals surface area contributed by atoms with Crippen LogP contribution in [0.15, 0.2) is 42.5 Å². The summed E-state index contributed by atoms with van der Waals surface area (Å²) >= 11 is 0. The third-order valence-corrected chi connectivity index (χ3v) is 4.77. The van der Waals surface area contributed by atoms with Crippen molar-refractivity contribution in [2.45, 2.75) is 13.8 Å². The number of amides is 1. The minimum Gasteiger partial charge on any atom is -0.496 e. The highest BCUT2D eigenvalue weighted by Crippen LogP contribution is 2.35. The molecule has 0 aliphatic heterocycles. The van der Waals surface area contributed by atoms with Gasteiger partial charge >= 0.3 is 0 Å². The van der Waals surface area contributed by atoms with Crippen molar-refractivity contribution in [2.75, 3.05) is 41.0 Å². The lowest BCUT2D eigenvalue weighted by atomic mass is 10.1. The molecular formula is C24H29NO6. The lowest BCUT2D eigenvalue weighted by molar-refractivity contribution is -0.132. The van der Waals surface area contributed by atoms with Crippen LogP contribution in [-0.2, 0) is 4.79 Å². The smallest absolute Gasteiger partial charge is 0.260 e. The molecule has 0 radical (unpaired) electrons. The summed E-state index contributed by atoms with van der Waals surface area (Å²) in [6, 6.07) is 10.1. The van der Waals surface area contributed by atoms with Gasteiger partial charge in [0.05, 0.1) is 21.3 Å². The van der Waals surface area contributed by atoms with Crippen LogP contribution in [0.4, 0.5) is 0 Å². The van der Waals surface area contributed by atoms with Crippen molar-refractivity contribution in [3.05, 3.63) is 53.6 Å². The summed E-state index contributed by atoms with van der Waals surface area (Å²) in [7, 11) is 4.63. The number of allylic oxidation sites excluding steroid dienone is 1. The van der Waals surface area contributed by atoms with Gasteiger partial charge in [-0.1, -0.05) is 0 Å². The van der Waals surface area contributed by atoms with Crippen LogP contribution < -0.4 is 18.9 Å². The Balaban J connectivity index is 2.07. The fourth-order valence-corrected chi connectivity index (χ4v) is 2.97. The van der Waals surface area contributed by atoms with Crippen LogP contribution in [0.3, 0.4) is 0 Å². The maximum Gasteiger partial charge on any atom is 0.260 e. The summed E-state index contributed by atoms with van der Waals surface area (Å²) in [6.07, 6.45) is 3.12. The molecular weight excluding hydrogens is 398 g/mol. The van der Waals surface area contributed by atoms with E-state index in [0.29, 0.717) is 47.2 Å². The Morgan fingerprint density at radius 2 is 1.45 bits per heavy atom. The van der Waals surface area contributed by atoms with Gasteiger partial charge in [-0.05, 0) is 56.3 Å². The number of hydrogen-bond donors (Lipinski definition) is 0. The van der Waals surface area contributed by atoms with Gasteiger partial charge in [0.1, 0.15) is 11.5 Å². The summed E-state index contributed by atoms with van der Waals surface area (Å²) < 4.78 is 21.5. The van der Waals surface area contributed by atoms with E-state index in [1.165, 1.54) is 6.08 Å². The third kappa shape index (κ3) is 6.25. The van der Waals surface area contributed by atoms with Crippen LogP contribution in [0.5, 0.6) is 23.0 Å². The second-order valence-corrected chi connectivity index (χ2v) is 6.53. The fraction of sp³-hybridized carbons (Fsp3) is 0.333. The highest BCUT2D eigenvalue weighted by Gasteiger charge is 2.12. The minimum absolute atomic E-state index is 0.0338. The molecule has 0 aliphatic rings. The van der Waals surface area contributed by atoms with Crippen molar-refractivity contribution in [3.8, 4) is 23.0 Å². The molecule has 166 valence electrons. The predicted octanol–water partition coefficient (Wildman–Crippen LogP) is 3.86. The molecule has 0 unspecified atom stereocenters. The summed E-state index contributed by atoms with van der Waals surface area (Å²) in [5, 5.41) is 0. The molecule has 0 spiro atoms. The lowest BCUT2D eigenvalue weighted by Crippen LogP contribution is -2.34. The van der Waals surface area contributed by atoms with Crippen LogP contribution in [0.25, 0.3) is 6.08 Å². The molecule has 2 aromatic rings. The minimum atomic E-state index is -0.178. The van der Waals surface area contributed by atoms with Gasteiger partial charge in [-0.2, -0.15) is 0 Å². The quantitative estimate of drug-likeness (QED) is 0.401. The average molecular weight is 427 g/mol. The zero-order valence-corrected chi connectivity index (χ0v) is 18.6. The van der Waals surface area contributed by atoms with Crippen molar-refractivity contribution in [1.29, 1.82) is 0 Å². The van der Waals surface area contributed by atoms with Crippen LogP contribution in [0.2, 0.25) is 0 Å². The summed E-state index contributed by atoms with van der Waals surface area (Å²) in [6.45, 7) is 5.10. The van der Waals surface area contributed by atoms with E-state index in [-0.39, 0.29) is 18.3 Å². The summed E-state index contributed by atoms with van der Waals surface area (Å²) in [5.74, 6) is 1.92. The van der Waals surface area contributed by atoms with Crippen LogP contribution in [-0.4, -0.2) is 57.6 Å². The molecule has 7 heteroatoms. The fourth-order valence-electron chi connectivity index (χ4n) is 2.97. The van der Waals surface area contributed by atoms with Crippen molar-refractivity contribution >= 4 is 17.8 Å². The molecule has 2 rings (SSSR count). The van der Waals surface area contributed by atoms with E-state index in [1.807, 2.05) is 13.8 Å². The first kappa shape index (κ1) is 23.8. The number of carbonyl (C=O) groups is 2. The maximum atomic E-state index is 12.6. The van der Waals surface area contributed by atoms with Gasteiger partial charge in [0, 0.05) is 30.3 Å². The number of benzene rings is 2. The van der Waals surface area contributed by atoms with Crippen molar-refractivity contribution in [3.63, 3.8) is 0 Å². The Labute approximate surface area is 183 Å². The molecule has 0 bridgehead atoms. The molecule has 0 fully saturated rings. The standard InChI is InChI=1S/C24H29NO6/c1-6-25(7-2)24(27)16-31-19-11-8-17(9-12-19)20(26)13-10-18-14-22(29-4)23(30-5)15-21(18)28-3/h8-15H,6-7,16H2,1-5H3.